The molecule has 0 radical (unpaired) electrons. The number of rotatable bonds is 8. The van der Waals surface area contributed by atoms with Gasteiger partial charge in [-0.2, -0.15) is 0 Å². The zero-order chi connectivity index (χ0) is 26.4. The third-order valence-corrected chi connectivity index (χ3v) is 6.19. The molecule has 4 rings (SSSR count). The van der Waals surface area contributed by atoms with Crippen LogP contribution in [0.2, 0.25) is 0 Å². The van der Waals surface area contributed by atoms with E-state index in [1.54, 1.807) is 47.7 Å². The fourth-order valence-corrected chi connectivity index (χ4v) is 4.15. The minimum absolute atomic E-state index is 0.0188. The number of amides is 3. The van der Waals surface area contributed by atoms with Crippen molar-refractivity contribution in [3.8, 4) is 5.75 Å². The molecule has 37 heavy (non-hydrogen) atoms. The molecule has 0 fully saturated rings. The molecule has 0 saturated carbocycles. The Bertz CT molecular complexity index is 1250. The molecule has 3 N–H and O–H groups in total. The molecule has 2 heterocycles. The maximum atomic E-state index is 13.9. The SMILES string of the molecule is CCN(CC)C(=O)c1c[nH]c(C2=CC(Oc3ccc(NC(=O)NC4=CC(C)CC=C4F)cc3)CC=N2)c1. The molecule has 2 aromatic rings. The molecule has 2 atom stereocenters. The van der Waals surface area contributed by atoms with Gasteiger partial charge in [0, 0.05) is 37.6 Å². The van der Waals surface area contributed by atoms with Crippen molar-refractivity contribution in [2.75, 3.05) is 18.4 Å². The maximum absolute atomic E-state index is 13.9. The standard InChI is InChI=1S/C28H32FN5O3/c1-4-34(5-2)27(35)19-15-25(31-17-19)26-16-22(12-13-30-26)37-21-9-7-20(8-10-21)32-28(36)33-24-14-18(3)6-11-23(24)29/h7-11,13-18,22,31H,4-6,12H2,1-3H3,(H2,32,33,36). The van der Waals surface area contributed by atoms with Gasteiger partial charge in [-0.3, -0.25) is 9.79 Å². The van der Waals surface area contributed by atoms with Crippen LogP contribution in [0.25, 0.3) is 5.70 Å². The molecule has 194 valence electrons. The highest BCUT2D eigenvalue weighted by molar-refractivity contribution is 5.95. The summed E-state index contributed by atoms with van der Waals surface area (Å²) in [6, 6.07) is 8.24. The summed E-state index contributed by atoms with van der Waals surface area (Å²) in [5, 5.41) is 5.26. The van der Waals surface area contributed by atoms with E-state index in [1.165, 1.54) is 6.08 Å². The molecule has 1 aromatic heterocycles. The lowest BCUT2D eigenvalue weighted by molar-refractivity contribution is 0.0773. The van der Waals surface area contributed by atoms with Gasteiger partial charge in [-0.1, -0.05) is 13.0 Å². The van der Waals surface area contributed by atoms with Gasteiger partial charge in [0.1, 0.15) is 17.7 Å². The molecule has 9 heteroatoms. The quantitative estimate of drug-likeness (QED) is 0.432. The van der Waals surface area contributed by atoms with E-state index in [9.17, 15) is 14.0 Å². The number of aliphatic imine (C=N–C) groups is 1. The topological polar surface area (TPSA) is 98.8 Å². The zero-order valence-corrected chi connectivity index (χ0v) is 21.3. The van der Waals surface area contributed by atoms with Crippen molar-refractivity contribution in [3.63, 3.8) is 0 Å². The van der Waals surface area contributed by atoms with Gasteiger partial charge in [0.2, 0.25) is 0 Å². The van der Waals surface area contributed by atoms with Gasteiger partial charge in [-0.15, -0.1) is 0 Å². The highest BCUT2D eigenvalue weighted by Gasteiger charge is 2.19. The lowest BCUT2D eigenvalue weighted by atomic mass is 10.0. The average molecular weight is 506 g/mol. The third kappa shape index (κ3) is 6.55. The molecule has 0 spiro atoms. The van der Waals surface area contributed by atoms with Crippen molar-refractivity contribution in [1.29, 1.82) is 0 Å². The zero-order valence-electron chi connectivity index (χ0n) is 21.3. The van der Waals surface area contributed by atoms with Crippen molar-refractivity contribution in [2.24, 2.45) is 10.9 Å². The van der Waals surface area contributed by atoms with E-state index in [-0.39, 0.29) is 23.6 Å². The van der Waals surface area contributed by atoms with E-state index < -0.39 is 11.9 Å². The number of aromatic nitrogens is 1. The first-order chi connectivity index (χ1) is 17.9. The molecule has 0 saturated heterocycles. The number of nitrogens with zero attached hydrogens (tertiary/aromatic N) is 2. The van der Waals surface area contributed by atoms with Gasteiger partial charge >= 0.3 is 6.03 Å². The Labute approximate surface area is 216 Å². The summed E-state index contributed by atoms with van der Waals surface area (Å²) in [7, 11) is 0. The number of H-pyrrole nitrogens is 1. The third-order valence-electron chi connectivity index (χ3n) is 6.19. The Morgan fingerprint density at radius 2 is 1.89 bits per heavy atom. The highest BCUT2D eigenvalue weighted by atomic mass is 19.1. The Morgan fingerprint density at radius 3 is 2.62 bits per heavy atom. The van der Waals surface area contributed by atoms with E-state index in [0.717, 1.165) is 5.69 Å². The van der Waals surface area contributed by atoms with Crippen LogP contribution in [0.1, 0.15) is 49.7 Å². The summed E-state index contributed by atoms with van der Waals surface area (Å²) in [6.07, 6.45) is 9.57. The molecule has 2 unspecified atom stereocenters. The molecular weight excluding hydrogens is 473 g/mol. The number of hydrogen-bond donors (Lipinski definition) is 3. The van der Waals surface area contributed by atoms with E-state index >= 15 is 0 Å². The Kier molecular flexibility index (Phi) is 8.22. The van der Waals surface area contributed by atoms with E-state index in [0.29, 0.717) is 48.6 Å². The van der Waals surface area contributed by atoms with Crippen LogP contribution in [-0.2, 0) is 0 Å². The summed E-state index contributed by atoms with van der Waals surface area (Å²) in [6.45, 7) is 7.17. The predicted molar refractivity (Wildman–Crippen MR) is 143 cm³/mol. The molecule has 3 amide bonds. The van der Waals surface area contributed by atoms with Crippen molar-refractivity contribution in [2.45, 2.75) is 39.7 Å². The van der Waals surface area contributed by atoms with E-state index in [2.05, 4.69) is 20.6 Å². The minimum atomic E-state index is -0.515. The second-order valence-electron chi connectivity index (χ2n) is 8.98. The van der Waals surface area contributed by atoms with Gasteiger partial charge < -0.3 is 25.3 Å². The lowest BCUT2D eigenvalue weighted by Gasteiger charge is -2.18. The van der Waals surface area contributed by atoms with Gasteiger partial charge in [0.05, 0.1) is 22.7 Å². The van der Waals surface area contributed by atoms with Crippen molar-refractivity contribution >= 4 is 29.5 Å². The largest absolute Gasteiger partial charge is 0.486 e. The Hall–Kier alpha value is -4.14. The molecule has 1 aromatic carbocycles. The fraction of sp³-hybridized carbons (Fsp3) is 0.321. The first kappa shape index (κ1) is 25.9. The van der Waals surface area contributed by atoms with Crippen molar-refractivity contribution in [1.82, 2.24) is 15.2 Å². The van der Waals surface area contributed by atoms with Crippen molar-refractivity contribution in [3.05, 3.63) is 77.5 Å². The Morgan fingerprint density at radius 1 is 1.14 bits per heavy atom. The highest BCUT2D eigenvalue weighted by Crippen LogP contribution is 2.25. The van der Waals surface area contributed by atoms with Crippen molar-refractivity contribution < 1.29 is 18.7 Å². The molecule has 8 nitrogen and oxygen atoms in total. The van der Waals surface area contributed by atoms with E-state index in [1.807, 2.05) is 32.9 Å². The number of aromatic amines is 1. The lowest BCUT2D eigenvalue weighted by Crippen LogP contribution is -2.30. The Balaban J connectivity index is 1.35. The van der Waals surface area contributed by atoms with Crippen LogP contribution in [0.3, 0.4) is 0 Å². The summed E-state index contributed by atoms with van der Waals surface area (Å²) < 4.78 is 20.0. The number of allylic oxidation sites excluding steroid dienone is 3. The van der Waals surface area contributed by atoms with Crippen LogP contribution >= 0.6 is 0 Å². The van der Waals surface area contributed by atoms with Crippen LogP contribution in [0.4, 0.5) is 14.9 Å². The second kappa shape index (κ2) is 11.7. The van der Waals surface area contributed by atoms with Gasteiger partial charge in [0.15, 0.2) is 0 Å². The number of carbonyl (C=O) groups is 2. The van der Waals surface area contributed by atoms with Crippen LogP contribution in [0.5, 0.6) is 5.75 Å². The summed E-state index contributed by atoms with van der Waals surface area (Å²) in [4.78, 5) is 34.3. The number of benzene rings is 1. The average Bonchev–Trinajstić information content (AvgIpc) is 3.39. The van der Waals surface area contributed by atoms with E-state index in [4.69, 9.17) is 4.74 Å². The second-order valence-corrected chi connectivity index (χ2v) is 8.98. The monoisotopic (exact) mass is 505 g/mol. The first-order valence-corrected chi connectivity index (χ1v) is 12.5. The number of ether oxygens (including phenoxy) is 1. The number of anilines is 1. The molecule has 1 aliphatic heterocycles. The van der Waals surface area contributed by atoms with Crippen LogP contribution in [0.15, 0.2) is 71.3 Å². The fourth-order valence-electron chi connectivity index (χ4n) is 4.15. The van der Waals surface area contributed by atoms with Gasteiger partial charge in [-0.05, 0) is 68.7 Å². The normalized spacial score (nSPS) is 18.9. The van der Waals surface area contributed by atoms with Gasteiger partial charge in [0.25, 0.3) is 5.91 Å². The maximum Gasteiger partial charge on any atom is 0.323 e. The summed E-state index contributed by atoms with van der Waals surface area (Å²) in [5.74, 6) is 0.351. The summed E-state index contributed by atoms with van der Waals surface area (Å²) >= 11 is 0. The molecule has 1 aliphatic carbocycles. The number of urea groups is 1. The molecule has 2 aliphatic rings. The number of hydrogen-bond acceptors (Lipinski definition) is 4. The first-order valence-electron chi connectivity index (χ1n) is 12.5. The smallest absolute Gasteiger partial charge is 0.323 e. The molecule has 0 bridgehead atoms. The van der Waals surface area contributed by atoms with Crippen LogP contribution in [-0.4, -0.2) is 47.2 Å². The van der Waals surface area contributed by atoms with Crippen LogP contribution < -0.4 is 15.4 Å². The number of halogens is 1. The number of carbonyl (C=O) groups excluding carboxylic acids is 2. The minimum Gasteiger partial charge on any atom is -0.486 e. The van der Waals surface area contributed by atoms with Gasteiger partial charge in [-0.25, -0.2) is 9.18 Å². The van der Waals surface area contributed by atoms with Crippen LogP contribution in [0, 0.1) is 5.92 Å². The number of nitrogens with one attached hydrogen (secondary N) is 3. The summed E-state index contributed by atoms with van der Waals surface area (Å²) in [5.41, 5.74) is 2.79. The molecular formula is C28H32FN5O3. The predicted octanol–water partition coefficient (Wildman–Crippen LogP) is 5.66.